The molecule has 0 amide bonds. The Morgan fingerprint density at radius 2 is 1.36 bits per heavy atom. The minimum absolute atomic E-state index is 0.0432. The second-order valence-corrected chi connectivity index (χ2v) is 11.4. The molecule has 2 N–H and O–H groups in total. The number of fused-ring (bicyclic) bond motifs is 1. The summed E-state index contributed by atoms with van der Waals surface area (Å²) >= 11 is 1.04. The third-order valence-electron chi connectivity index (χ3n) is 6.69. The summed E-state index contributed by atoms with van der Waals surface area (Å²) in [6.07, 6.45) is 1.46. The largest absolute Gasteiger partial charge is 0.493 e. The molecule has 0 saturated carbocycles. The predicted octanol–water partition coefficient (Wildman–Crippen LogP) is 2.75. The number of hydrogen-bond acceptors (Lipinski definition) is 11. The van der Waals surface area contributed by atoms with Gasteiger partial charge in [-0.25, -0.2) is 9.59 Å². The lowest BCUT2D eigenvalue weighted by Gasteiger charge is -2.27. The molecule has 12 heteroatoms. The molecule has 0 aliphatic carbocycles. The molecule has 3 aromatic rings. The van der Waals surface area contributed by atoms with Crippen LogP contribution < -0.4 is 39.4 Å². The average molecular weight is 625 g/mol. The van der Waals surface area contributed by atoms with Crippen LogP contribution in [0.3, 0.4) is 0 Å². The molecule has 1 aromatic heterocycles. The van der Waals surface area contributed by atoms with Crippen molar-refractivity contribution in [2.24, 2.45) is 5.73 Å². The number of carbonyl (C=O) groups is 2. The normalized spacial score (nSPS) is 14.9. The number of methoxy groups -OCH3 is 4. The predicted molar refractivity (Wildman–Crippen MR) is 166 cm³/mol. The Kier molecular flexibility index (Phi) is 9.73. The van der Waals surface area contributed by atoms with Crippen LogP contribution in [0.4, 0.5) is 0 Å². The van der Waals surface area contributed by atoms with Gasteiger partial charge in [0.05, 0.1) is 62.2 Å². The molecule has 1 atom stereocenters. The van der Waals surface area contributed by atoms with Crippen LogP contribution in [0.25, 0.3) is 17.5 Å². The third-order valence-corrected chi connectivity index (χ3v) is 7.80. The standard InChI is InChI=1S/C32H36N2O9S/c1-16(2)42-20-11-9-18(13-22(20)38-5)14-24-29(35)34-28(33)26(31(36)40-7)25(27(30(34)44-24)32(37)41-8)19-10-12-21(43-17(3)4)23(15-19)39-6/h9-17,25H,33H2,1-8H3/b24-14-. The topological polar surface area (TPSA) is 138 Å². The van der Waals surface area contributed by atoms with E-state index < -0.39 is 23.4 Å². The van der Waals surface area contributed by atoms with E-state index in [0.717, 1.165) is 15.9 Å². The van der Waals surface area contributed by atoms with Crippen LogP contribution in [-0.4, -0.2) is 57.2 Å². The first-order valence-electron chi connectivity index (χ1n) is 13.8. The third kappa shape index (κ3) is 6.16. The lowest BCUT2D eigenvalue weighted by molar-refractivity contribution is -0.136. The maximum Gasteiger partial charge on any atom is 0.338 e. The first-order valence-corrected chi connectivity index (χ1v) is 14.6. The van der Waals surface area contributed by atoms with Gasteiger partial charge in [-0.05, 0) is 69.2 Å². The van der Waals surface area contributed by atoms with E-state index in [0.29, 0.717) is 34.1 Å². The van der Waals surface area contributed by atoms with Crippen LogP contribution in [0.15, 0.2) is 46.8 Å². The zero-order chi connectivity index (χ0) is 32.3. The smallest absolute Gasteiger partial charge is 0.338 e. The molecule has 4 rings (SSSR count). The maximum absolute atomic E-state index is 13.8. The van der Waals surface area contributed by atoms with E-state index in [4.69, 9.17) is 34.2 Å². The van der Waals surface area contributed by atoms with Crippen molar-refractivity contribution >= 4 is 40.7 Å². The summed E-state index contributed by atoms with van der Waals surface area (Å²) in [5.74, 6) is -0.865. The SMILES string of the molecule is COC(=O)C1=C(N)n2c(s/c(=C\c3ccc(OC(C)C)c(OC)c3)c2=O)=C(C(=O)OC)C1c1ccc(OC(C)C)c(OC)c1. The summed E-state index contributed by atoms with van der Waals surface area (Å²) < 4.78 is 34.6. The van der Waals surface area contributed by atoms with Gasteiger partial charge in [0.2, 0.25) is 0 Å². The summed E-state index contributed by atoms with van der Waals surface area (Å²) in [6.45, 7) is 7.57. The van der Waals surface area contributed by atoms with Gasteiger partial charge in [0.1, 0.15) is 10.5 Å². The molecule has 0 bridgehead atoms. The average Bonchev–Trinajstić information content (AvgIpc) is 3.31. The lowest BCUT2D eigenvalue weighted by atomic mass is 9.83. The van der Waals surface area contributed by atoms with Gasteiger partial charge in [0.15, 0.2) is 23.0 Å². The van der Waals surface area contributed by atoms with Crippen molar-refractivity contribution < 1.29 is 38.0 Å². The summed E-state index contributed by atoms with van der Waals surface area (Å²) in [4.78, 5) is 40.5. The quantitative estimate of drug-likeness (QED) is 0.335. The number of aromatic nitrogens is 1. The van der Waals surface area contributed by atoms with E-state index in [1.54, 1.807) is 42.5 Å². The molecule has 0 saturated heterocycles. The Hall–Kier alpha value is -4.71. The van der Waals surface area contributed by atoms with Gasteiger partial charge in [-0.3, -0.25) is 9.36 Å². The monoisotopic (exact) mass is 624 g/mol. The lowest BCUT2D eigenvalue weighted by Crippen LogP contribution is -2.41. The van der Waals surface area contributed by atoms with Crippen molar-refractivity contribution in [2.45, 2.75) is 45.8 Å². The number of nitrogens with two attached hydrogens (primary N) is 1. The molecule has 0 radical (unpaired) electrons. The van der Waals surface area contributed by atoms with E-state index in [-0.39, 0.29) is 38.4 Å². The molecule has 1 unspecified atom stereocenters. The van der Waals surface area contributed by atoms with E-state index in [1.165, 1.54) is 28.4 Å². The number of rotatable bonds is 10. The highest BCUT2D eigenvalue weighted by atomic mass is 32.1. The van der Waals surface area contributed by atoms with E-state index >= 15 is 0 Å². The highest BCUT2D eigenvalue weighted by Crippen LogP contribution is 2.41. The molecular formula is C32H36N2O9S. The van der Waals surface area contributed by atoms with Crippen molar-refractivity contribution in [2.75, 3.05) is 28.4 Å². The number of carbonyl (C=O) groups excluding carboxylic acids is 2. The molecule has 44 heavy (non-hydrogen) atoms. The zero-order valence-corrected chi connectivity index (χ0v) is 26.7. The fourth-order valence-corrected chi connectivity index (χ4v) is 6.06. The number of hydrogen-bond donors (Lipinski definition) is 1. The van der Waals surface area contributed by atoms with Crippen LogP contribution in [0.5, 0.6) is 23.0 Å². The molecule has 0 spiro atoms. The van der Waals surface area contributed by atoms with Crippen molar-refractivity contribution in [1.29, 1.82) is 0 Å². The van der Waals surface area contributed by atoms with Gasteiger partial charge in [-0.1, -0.05) is 12.1 Å². The Balaban J connectivity index is 2.03. The van der Waals surface area contributed by atoms with E-state index in [9.17, 15) is 14.4 Å². The Labute approximate surface area is 258 Å². The molecular weight excluding hydrogens is 588 g/mol. The van der Waals surface area contributed by atoms with E-state index in [1.807, 2.05) is 27.7 Å². The molecule has 1 aliphatic rings. The van der Waals surface area contributed by atoms with Crippen LogP contribution >= 0.6 is 11.3 Å². The van der Waals surface area contributed by atoms with Gasteiger partial charge in [0.25, 0.3) is 5.56 Å². The number of esters is 2. The van der Waals surface area contributed by atoms with Crippen LogP contribution in [-0.2, 0) is 19.1 Å². The number of benzene rings is 2. The fraction of sp³-hybridized carbons (Fsp3) is 0.344. The Bertz CT molecular complexity index is 1800. The van der Waals surface area contributed by atoms with Crippen molar-refractivity contribution in [3.05, 3.63) is 72.6 Å². The molecule has 0 fully saturated rings. The summed E-state index contributed by atoms with van der Waals surface area (Å²) in [5.41, 5.74) is 7.11. The minimum atomic E-state index is -1.05. The van der Waals surface area contributed by atoms with Gasteiger partial charge in [0, 0.05) is 0 Å². The first-order chi connectivity index (χ1) is 20.9. The van der Waals surface area contributed by atoms with Gasteiger partial charge in [-0.2, -0.15) is 0 Å². The molecule has 11 nitrogen and oxygen atoms in total. The minimum Gasteiger partial charge on any atom is -0.493 e. The van der Waals surface area contributed by atoms with Gasteiger partial charge in [-0.15, -0.1) is 11.3 Å². The zero-order valence-electron chi connectivity index (χ0n) is 25.9. The van der Waals surface area contributed by atoms with Crippen molar-refractivity contribution in [1.82, 2.24) is 4.57 Å². The molecule has 1 aliphatic heterocycles. The maximum atomic E-state index is 13.8. The molecule has 2 heterocycles. The summed E-state index contributed by atoms with van der Waals surface area (Å²) in [5, 5.41) is 0. The van der Waals surface area contributed by atoms with Crippen LogP contribution in [0.1, 0.15) is 44.7 Å². The van der Waals surface area contributed by atoms with Crippen LogP contribution in [0.2, 0.25) is 0 Å². The fourth-order valence-electron chi connectivity index (χ4n) is 4.89. The molecule has 234 valence electrons. The summed E-state index contributed by atoms with van der Waals surface area (Å²) in [7, 11) is 5.43. The first kappa shape index (κ1) is 32.2. The summed E-state index contributed by atoms with van der Waals surface area (Å²) in [6, 6.07) is 10.3. The van der Waals surface area contributed by atoms with Crippen molar-refractivity contribution in [3.8, 4) is 23.0 Å². The Morgan fingerprint density at radius 1 is 0.818 bits per heavy atom. The number of nitrogens with zero attached hydrogens (tertiary/aromatic N) is 1. The second-order valence-electron chi connectivity index (χ2n) is 10.3. The van der Waals surface area contributed by atoms with E-state index in [2.05, 4.69) is 0 Å². The second kappa shape index (κ2) is 13.3. The number of ether oxygens (including phenoxy) is 6. The van der Waals surface area contributed by atoms with Crippen LogP contribution in [0, 0.1) is 0 Å². The number of thiazole rings is 1. The molecule has 2 aromatic carbocycles. The van der Waals surface area contributed by atoms with Crippen molar-refractivity contribution in [3.63, 3.8) is 0 Å². The highest BCUT2D eigenvalue weighted by molar-refractivity contribution is 7.07. The Morgan fingerprint density at radius 3 is 1.91 bits per heavy atom. The van der Waals surface area contributed by atoms with Gasteiger partial charge < -0.3 is 34.2 Å². The highest BCUT2D eigenvalue weighted by Gasteiger charge is 2.40. The van der Waals surface area contributed by atoms with Gasteiger partial charge >= 0.3 is 11.9 Å².